The minimum absolute atomic E-state index is 0.0129. The van der Waals surface area contributed by atoms with Crippen LogP contribution in [-0.4, -0.2) is 32.8 Å². The van der Waals surface area contributed by atoms with Crippen LogP contribution in [0, 0.1) is 0 Å². The maximum Gasteiger partial charge on any atom is 0.257 e. The molecule has 1 aromatic carbocycles. The second-order valence-corrected chi connectivity index (χ2v) is 4.34. The van der Waals surface area contributed by atoms with Crippen molar-refractivity contribution in [1.82, 2.24) is 5.32 Å². The molecule has 0 spiro atoms. The SMILES string of the molecule is C=CCc1cc(N)ccc1OCC(=O)NCCCOC. The number of nitrogens with one attached hydrogen (secondary N) is 1. The molecule has 110 valence electrons. The van der Waals surface area contributed by atoms with E-state index in [1.807, 2.05) is 6.07 Å². The molecule has 0 radical (unpaired) electrons. The smallest absolute Gasteiger partial charge is 0.257 e. The van der Waals surface area contributed by atoms with E-state index in [1.54, 1.807) is 25.3 Å². The molecule has 1 rings (SSSR count). The number of benzene rings is 1. The van der Waals surface area contributed by atoms with Gasteiger partial charge in [-0.15, -0.1) is 6.58 Å². The number of anilines is 1. The number of hydrogen-bond donors (Lipinski definition) is 2. The minimum atomic E-state index is -0.150. The summed E-state index contributed by atoms with van der Waals surface area (Å²) in [7, 11) is 1.63. The fourth-order valence-corrected chi connectivity index (χ4v) is 1.69. The van der Waals surface area contributed by atoms with Crippen molar-refractivity contribution in [3.63, 3.8) is 0 Å². The first-order valence-electron chi connectivity index (χ1n) is 6.55. The molecule has 0 aromatic heterocycles. The van der Waals surface area contributed by atoms with Crippen molar-refractivity contribution in [1.29, 1.82) is 0 Å². The summed E-state index contributed by atoms with van der Waals surface area (Å²) >= 11 is 0. The van der Waals surface area contributed by atoms with Crippen LogP contribution in [0.5, 0.6) is 5.75 Å². The Hall–Kier alpha value is -2.01. The van der Waals surface area contributed by atoms with E-state index in [2.05, 4.69) is 11.9 Å². The van der Waals surface area contributed by atoms with Crippen LogP contribution < -0.4 is 15.8 Å². The molecule has 1 aromatic rings. The molecule has 0 fully saturated rings. The number of rotatable bonds is 9. The van der Waals surface area contributed by atoms with Gasteiger partial charge in [0.25, 0.3) is 5.91 Å². The number of nitrogens with two attached hydrogens (primary N) is 1. The molecular formula is C15H22N2O3. The highest BCUT2D eigenvalue weighted by atomic mass is 16.5. The highest BCUT2D eigenvalue weighted by Gasteiger charge is 2.06. The van der Waals surface area contributed by atoms with E-state index in [-0.39, 0.29) is 12.5 Å². The largest absolute Gasteiger partial charge is 0.483 e. The van der Waals surface area contributed by atoms with E-state index in [1.165, 1.54) is 0 Å². The quantitative estimate of drug-likeness (QED) is 0.408. The van der Waals surface area contributed by atoms with E-state index in [4.69, 9.17) is 15.2 Å². The number of hydrogen-bond acceptors (Lipinski definition) is 4. The molecule has 0 aliphatic carbocycles. The Morgan fingerprint density at radius 2 is 2.30 bits per heavy atom. The summed E-state index contributed by atoms with van der Waals surface area (Å²) in [6, 6.07) is 5.35. The van der Waals surface area contributed by atoms with Crippen molar-refractivity contribution in [3.05, 3.63) is 36.4 Å². The summed E-state index contributed by atoms with van der Waals surface area (Å²) in [5, 5.41) is 2.76. The van der Waals surface area contributed by atoms with E-state index in [9.17, 15) is 4.79 Å². The van der Waals surface area contributed by atoms with Crippen LogP contribution in [0.25, 0.3) is 0 Å². The lowest BCUT2D eigenvalue weighted by molar-refractivity contribution is -0.123. The summed E-state index contributed by atoms with van der Waals surface area (Å²) in [6.45, 7) is 4.89. The van der Waals surface area contributed by atoms with E-state index < -0.39 is 0 Å². The molecule has 0 saturated heterocycles. The summed E-state index contributed by atoms with van der Waals surface area (Å²) in [6.07, 6.45) is 3.20. The number of ether oxygens (including phenoxy) is 2. The molecule has 5 heteroatoms. The molecule has 0 heterocycles. The van der Waals surface area contributed by atoms with Crippen molar-refractivity contribution < 1.29 is 14.3 Å². The molecule has 0 bridgehead atoms. The highest BCUT2D eigenvalue weighted by molar-refractivity contribution is 5.77. The maximum atomic E-state index is 11.6. The molecule has 3 N–H and O–H groups in total. The summed E-state index contributed by atoms with van der Waals surface area (Å²) < 4.78 is 10.4. The Kier molecular flexibility index (Phi) is 7.21. The van der Waals surface area contributed by atoms with Gasteiger partial charge in [-0.25, -0.2) is 0 Å². The number of allylic oxidation sites excluding steroid dienone is 1. The van der Waals surface area contributed by atoms with Crippen molar-refractivity contribution in [2.75, 3.05) is 32.6 Å². The maximum absolute atomic E-state index is 11.6. The van der Waals surface area contributed by atoms with Gasteiger partial charge in [-0.2, -0.15) is 0 Å². The Bertz CT molecular complexity index is 447. The molecule has 0 saturated carbocycles. The number of amides is 1. The van der Waals surface area contributed by atoms with Crippen LogP contribution >= 0.6 is 0 Å². The molecule has 0 atom stereocenters. The van der Waals surface area contributed by atoms with Crippen LogP contribution in [0.2, 0.25) is 0 Å². The monoisotopic (exact) mass is 278 g/mol. The third kappa shape index (κ3) is 5.75. The Labute approximate surface area is 119 Å². The standard InChI is InChI=1S/C15H22N2O3/c1-3-5-12-10-13(16)6-7-14(12)20-11-15(18)17-8-4-9-19-2/h3,6-7,10H,1,4-5,8-9,11,16H2,2H3,(H,17,18). The minimum Gasteiger partial charge on any atom is -0.483 e. The van der Waals surface area contributed by atoms with Crippen LogP contribution in [0.1, 0.15) is 12.0 Å². The summed E-state index contributed by atoms with van der Waals surface area (Å²) in [5.41, 5.74) is 7.32. The number of carbonyl (C=O) groups excluding carboxylic acids is 1. The van der Waals surface area contributed by atoms with Gasteiger partial charge < -0.3 is 20.5 Å². The number of carbonyl (C=O) groups is 1. The van der Waals surface area contributed by atoms with Gasteiger partial charge in [0.15, 0.2) is 6.61 Å². The molecule has 0 aliphatic rings. The third-order valence-electron chi connectivity index (χ3n) is 2.65. The van der Waals surface area contributed by atoms with Crippen molar-refractivity contribution in [2.24, 2.45) is 0 Å². The zero-order valence-corrected chi connectivity index (χ0v) is 11.9. The van der Waals surface area contributed by atoms with Crippen LogP contribution in [0.15, 0.2) is 30.9 Å². The Balaban J connectivity index is 2.44. The molecule has 0 aliphatic heterocycles. The summed E-state index contributed by atoms with van der Waals surface area (Å²) in [5.74, 6) is 0.508. The van der Waals surface area contributed by atoms with Crippen molar-refractivity contribution in [2.45, 2.75) is 12.8 Å². The zero-order valence-electron chi connectivity index (χ0n) is 11.9. The lowest BCUT2D eigenvalue weighted by Crippen LogP contribution is -2.30. The fourth-order valence-electron chi connectivity index (χ4n) is 1.69. The van der Waals surface area contributed by atoms with Gasteiger partial charge >= 0.3 is 0 Å². The van der Waals surface area contributed by atoms with Gasteiger partial charge in [0, 0.05) is 25.9 Å². The van der Waals surface area contributed by atoms with E-state index in [0.717, 1.165) is 12.0 Å². The first-order chi connectivity index (χ1) is 9.67. The molecule has 5 nitrogen and oxygen atoms in total. The van der Waals surface area contributed by atoms with Crippen molar-refractivity contribution >= 4 is 11.6 Å². The van der Waals surface area contributed by atoms with Gasteiger partial charge in [-0.1, -0.05) is 6.08 Å². The molecule has 1 amide bonds. The lowest BCUT2D eigenvalue weighted by Gasteiger charge is -2.11. The fraction of sp³-hybridized carbons (Fsp3) is 0.400. The normalized spacial score (nSPS) is 10.1. The Morgan fingerprint density at radius 1 is 1.50 bits per heavy atom. The third-order valence-corrected chi connectivity index (χ3v) is 2.65. The highest BCUT2D eigenvalue weighted by Crippen LogP contribution is 2.22. The second-order valence-electron chi connectivity index (χ2n) is 4.34. The summed E-state index contributed by atoms with van der Waals surface area (Å²) in [4.78, 5) is 11.6. The first-order valence-corrected chi connectivity index (χ1v) is 6.55. The predicted octanol–water partition coefficient (Wildman–Crippen LogP) is 1.53. The van der Waals surface area contributed by atoms with Crippen molar-refractivity contribution in [3.8, 4) is 5.75 Å². The molecular weight excluding hydrogens is 256 g/mol. The van der Waals surface area contributed by atoms with Gasteiger partial charge in [0.1, 0.15) is 5.75 Å². The first kappa shape index (κ1) is 16.0. The molecule has 20 heavy (non-hydrogen) atoms. The topological polar surface area (TPSA) is 73.6 Å². The average Bonchev–Trinajstić information content (AvgIpc) is 2.43. The predicted molar refractivity (Wildman–Crippen MR) is 79.8 cm³/mol. The number of nitrogen functional groups attached to an aromatic ring is 1. The van der Waals surface area contributed by atoms with E-state index >= 15 is 0 Å². The van der Waals surface area contributed by atoms with Crippen LogP contribution in [0.4, 0.5) is 5.69 Å². The van der Waals surface area contributed by atoms with Crippen LogP contribution in [0.3, 0.4) is 0 Å². The van der Waals surface area contributed by atoms with Gasteiger partial charge in [-0.3, -0.25) is 4.79 Å². The second kappa shape index (κ2) is 8.98. The molecule has 0 unspecified atom stereocenters. The lowest BCUT2D eigenvalue weighted by atomic mass is 10.1. The van der Waals surface area contributed by atoms with Gasteiger partial charge in [0.05, 0.1) is 0 Å². The van der Waals surface area contributed by atoms with E-state index in [0.29, 0.717) is 31.0 Å². The van der Waals surface area contributed by atoms with Crippen LogP contribution in [-0.2, 0) is 16.0 Å². The zero-order chi connectivity index (χ0) is 14.8. The number of methoxy groups -OCH3 is 1. The van der Waals surface area contributed by atoms with Gasteiger partial charge in [0.2, 0.25) is 0 Å². The average molecular weight is 278 g/mol. The Morgan fingerprint density at radius 3 is 3.00 bits per heavy atom. The van der Waals surface area contributed by atoms with Gasteiger partial charge in [-0.05, 0) is 36.6 Å².